The van der Waals surface area contributed by atoms with Crippen molar-refractivity contribution in [2.75, 3.05) is 0 Å². The zero-order valence-electron chi connectivity index (χ0n) is 10.7. The molecule has 2 rings (SSSR count). The summed E-state index contributed by atoms with van der Waals surface area (Å²) in [5.41, 5.74) is 0.301. The summed E-state index contributed by atoms with van der Waals surface area (Å²) in [6.07, 6.45) is 0.522. The molecule has 0 saturated carbocycles. The van der Waals surface area contributed by atoms with Gasteiger partial charge in [0.25, 0.3) is 0 Å². The fourth-order valence-corrected chi connectivity index (χ4v) is 4.87. The third-order valence-corrected chi connectivity index (χ3v) is 6.14. The van der Waals surface area contributed by atoms with Crippen LogP contribution in [0.1, 0.15) is 29.0 Å². The van der Waals surface area contributed by atoms with Gasteiger partial charge >= 0.3 is 0 Å². The summed E-state index contributed by atoms with van der Waals surface area (Å²) >= 11 is 7.20. The number of thiophene rings is 1. The third-order valence-electron chi connectivity index (χ3n) is 2.91. The van der Waals surface area contributed by atoms with E-state index in [0.29, 0.717) is 22.1 Å². The SMILES string of the molecule is CCC(c1ccc(F)cc1F)S(=O)Cc1ccc(Cl)s1. The van der Waals surface area contributed by atoms with Gasteiger partial charge in [-0.1, -0.05) is 24.6 Å². The third kappa shape index (κ3) is 3.65. The lowest BCUT2D eigenvalue weighted by atomic mass is 10.1. The second kappa shape index (κ2) is 6.78. The van der Waals surface area contributed by atoms with Crippen molar-refractivity contribution in [1.82, 2.24) is 0 Å². The highest BCUT2D eigenvalue weighted by Gasteiger charge is 2.21. The first-order valence-corrected chi connectivity index (χ1v) is 8.65. The van der Waals surface area contributed by atoms with Crippen LogP contribution in [0, 0.1) is 11.6 Å². The van der Waals surface area contributed by atoms with Crippen LogP contribution in [0.5, 0.6) is 0 Å². The quantitative estimate of drug-likeness (QED) is 0.745. The van der Waals surface area contributed by atoms with Crippen molar-refractivity contribution < 1.29 is 13.0 Å². The van der Waals surface area contributed by atoms with Crippen molar-refractivity contribution in [3.8, 4) is 0 Å². The molecule has 2 unspecified atom stereocenters. The van der Waals surface area contributed by atoms with Gasteiger partial charge in [-0.2, -0.15) is 0 Å². The average molecular weight is 335 g/mol. The van der Waals surface area contributed by atoms with E-state index in [1.165, 1.54) is 23.5 Å². The Morgan fingerprint density at radius 3 is 2.60 bits per heavy atom. The zero-order valence-corrected chi connectivity index (χ0v) is 13.1. The minimum Gasteiger partial charge on any atom is -0.259 e. The molecule has 108 valence electrons. The Labute approximate surface area is 128 Å². The fraction of sp³-hybridized carbons (Fsp3) is 0.286. The number of hydrogen-bond acceptors (Lipinski definition) is 2. The first-order valence-electron chi connectivity index (χ1n) is 6.07. The van der Waals surface area contributed by atoms with Gasteiger partial charge in [0.1, 0.15) is 11.6 Å². The van der Waals surface area contributed by atoms with E-state index >= 15 is 0 Å². The van der Waals surface area contributed by atoms with Crippen molar-refractivity contribution in [3.05, 3.63) is 56.7 Å². The number of hydrogen-bond donors (Lipinski definition) is 0. The molecule has 0 aliphatic rings. The van der Waals surface area contributed by atoms with E-state index in [0.717, 1.165) is 10.9 Å². The highest BCUT2D eigenvalue weighted by atomic mass is 35.5. The van der Waals surface area contributed by atoms with Gasteiger partial charge in [-0.25, -0.2) is 8.78 Å². The Kier molecular flexibility index (Phi) is 5.29. The summed E-state index contributed by atoms with van der Waals surface area (Å²) in [7, 11) is -1.27. The maximum atomic E-state index is 13.8. The molecule has 0 saturated heterocycles. The van der Waals surface area contributed by atoms with Crippen LogP contribution in [0.3, 0.4) is 0 Å². The molecule has 0 bridgehead atoms. The molecule has 0 spiro atoms. The van der Waals surface area contributed by atoms with Crippen LogP contribution in [0.15, 0.2) is 30.3 Å². The van der Waals surface area contributed by atoms with E-state index in [2.05, 4.69) is 0 Å². The molecule has 0 N–H and O–H groups in total. The van der Waals surface area contributed by atoms with Gasteiger partial charge in [0.15, 0.2) is 0 Å². The Morgan fingerprint density at radius 2 is 2.05 bits per heavy atom. The number of halogens is 3. The first-order chi connectivity index (χ1) is 9.51. The lowest BCUT2D eigenvalue weighted by Crippen LogP contribution is -2.09. The van der Waals surface area contributed by atoms with Crippen LogP contribution in [0.4, 0.5) is 8.78 Å². The second-order valence-corrected chi connectivity index (χ2v) is 7.71. The van der Waals surface area contributed by atoms with E-state index in [9.17, 15) is 13.0 Å². The van der Waals surface area contributed by atoms with E-state index in [1.807, 2.05) is 13.0 Å². The second-order valence-electron chi connectivity index (χ2n) is 4.29. The average Bonchev–Trinajstić information content (AvgIpc) is 2.78. The molecule has 20 heavy (non-hydrogen) atoms. The highest BCUT2D eigenvalue weighted by molar-refractivity contribution is 7.84. The molecule has 0 fully saturated rings. The van der Waals surface area contributed by atoms with Gasteiger partial charge in [-0.15, -0.1) is 11.3 Å². The molecule has 1 aromatic carbocycles. The van der Waals surface area contributed by atoms with Crippen LogP contribution in [-0.4, -0.2) is 4.21 Å². The lowest BCUT2D eigenvalue weighted by molar-refractivity contribution is 0.566. The van der Waals surface area contributed by atoms with Gasteiger partial charge in [0, 0.05) is 27.3 Å². The van der Waals surface area contributed by atoms with E-state index in [1.54, 1.807) is 6.07 Å². The van der Waals surface area contributed by atoms with Crippen molar-refractivity contribution in [1.29, 1.82) is 0 Å². The molecule has 1 aromatic heterocycles. The number of rotatable bonds is 5. The van der Waals surface area contributed by atoms with Crippen molar-refractivity contribution in [2.24, 2.45) is 0 Å². The largest absolute Gasteiger partial charge is 0.259 e. The molecule has 0 aliphatic carbocycles. The molecule has 0 aliphatic heterocycles. The van der Waals surface area contributed by atoms with Crippen molar-refractivity contribution >= 4 is 33.7 Å². The van der Waals surface area contributed by atoms with Gasteiger partial charge in [0.2, 0.25) is 0 Å². The standard InChI is InChI=1S/C14H13ClF2OS2/c1-2-13(11-5-3-9(16)7-12(11)17)20(18)8-10-4-6-14(15)19-10/h3-7,13H,2,8H2,1H3. The van der Waals surface area contributed by atoms with Gasteiger partial charge < -0.3 is 0 Å². The van der Waals surface area contributed by atoms with Crippen LogP contribution in [0.25, 0.3) is 0 Å². The maximum Gasteiger partial charge on any atom is 0.130 e. The predicted molar refractivity (Wildman–Crippen MR) is 80.6 cm³/mol. The molecule has 2 atom stereocenters. The van der Waals surface area contributed by atoms with Crippen LogP contribution in [-0.2, 0) is 16.6 Å². The van der Waals surface area contributed by atoms with Crippen LogP contribution >= 0.6 is 22.9 Å². The molecule has 1 heterocycles. The van der Waals surface area contributed by atoms with E-state index < -0.39 is 27.7 Å². The Hall–Kier alpha value is -0.780. The van der Waals surface area contributed by atoms with E-state index in [-0.39, 0.29) is 0 Å². The summed E-state index contributed by atoms with van der Waals surface area (Å²) < 4.78 is 39.8. The molecule has 6 heteroatoms. The predicted octanol–water partition coefficient (Wildman–Crippen LogP) is 5.08. The van der Waals surface area contributed by atoms with Crippen molar-refractivity contribution in [2.45, 2.75) is 24.3 Å². The Balaban J connectivity index is 2.20. The molecule has 0 amide bonds. The number of benzene rings is 1. The van der Waals surface area contributed by atoms with Crippen LogP contribution in [0.2, 0.25) is 4.34 Å². The minimum atomic E-state index is -1.27. The normalized spacial score (nSPS) is 14.2. The van der Waals surface area contributed by atoms with Crippen LogP contribution < -0.4 is 0 Å². The fourth-order valence-electron chi connectivity index (χ4n) is 1.98. The minimum absolute atomic E-state index is 0.301. The summed E-state index contributed by atoms with van der Waals surface area (Å²) in [6.45, 7) is 1.84. The summed E-state index contributed by atoms with van der Waals surface area (Å²) in [5, 5.41) is -0.448. The Morgan fingerprint density at radius 1 is 1.30 bits per heavy atom. The smallest absolute Gasteiger partial charge is 0.130 e. The molecule has 0 radical (unpaired) electrons. The van der Waals surface area contributed by atoms with Gasteiger partial charge in [-0.3, -0.25) is 4.21 Å². The van der Waals surface area contributed by atoms with Crippen molar-refractivity contribution in [3.63, 3.8) is 0 Å². The molecular formula is C14H13ClF2OS2. The topological polar surface area (TPSA) is 17.1 Å². The van der Waals surface area contributed by atoms with Gasteiger partial charge in [0.05, 0.1) is 15.3 Å². The lowest BCUT2D eigenvalue weighted by Gasteiger charge is -2.15. The molecule has 1 nitrogen and oxygen atoms in total. The van der Waals surface area contributed by atoms with E-state index in [4.69, 9.17) is 11.6 Å². The zero-order chi connectivity index (χ0) is 14.7. The monoisotopic (exact) mass is 334 g/mol. The maximum absolute atomic E-state index is 13.8. The van der Waals surface area contributed by atoms with Gasteiger partial charge in [-0.05, 0) is 24.6 Å². The molecular weight excluding hydrogens is 322 g/mol. The Bertz CT molecular complexity index is 627. The molecule has 2 aromatic rings. The summed E-state index contributed by atoms with van der Waals surface area (Å²) in [4.78, 5) is 0.898. The highest BCUT2D eigenvalue weighted by Crippen LogP contribution is 2.30. The first kappa shape index (κ1) is 15.6. The summed E-state index contributed by atoms with van der Waals surface area (Å²) in [5.74, 6) is -0.946. The summed E-state index contributed by atoms with van der Waals surface area (Å²) in [6, 6.07) is 6.96.